The highest BCUT2D eigenvalue weighted by Crippen LogP contribution is 2.35. The molecule has 4 aromatic rings. The zero-order chi connectivity index (χ0) is 29.6. The summed E-state index contributed by atoms with van der Waals surface area (Å²) in [5, 5.41) is 3.18. The molecule has 0 saturated heterocycles. The molecule has 42 heavy (non-hydrogen) atoms. The lowest BCUT2D eigenvalue weighted by atomic mass is 10.0. The zero-order valence-corrected chi connectivity index (χ0v) is 24.3. The molecule has 1 atom stereocenters. The molecule has 1 aliphatic rings. The number of rotatable bonds is 10. The summed E-state index contributed by atoms with van der Waals surface area (Å²) < 4.78 is 28.6. The van der Waals surface area contributed by atoms with Crippen LogP contribution in [0.5, 0.6) is 11.5 Å². The fourth-order valence-corrected chi connectivity index (χ4v) is 5.99. The van der Waals surface area contributed by atoms with E-state index in [1.54, 1.807) is 50.6 Å². The van der Waals surface area contributed by atoms with E-state index in [9.17, 15) is 14.0 Å². The average molecular weight is 589 g/mol. The molecule has 0 radical (unpaired) electrons. The molecule has 0 unspecified atom stereocenters. The molecule has 3 N–H and O–H groups in total. The zero-order valence-electron chi connectivity index (χ0n) is 23.5. The number of benzene rings is 3. The Morgan fingerprint density at radius 1 is 0.976 bits per heavy atom. The van der Waals surface area contributed by atoms with Gasteiger partial charge in [0.05, 0.1) is 19.9 Å². The Morgan fingerprint density at radius 3 is 2.17 bits per heavy atom. The molecule has 0 bridgehead atoms. The van der Waals surface area contributed by atoms with E-state index in [-0.39, 0.29) is 34.9 Å². The van der Waals surface area contributed by atoms with Crippen molar-refractivity contribution in [2.24, 2.45) is 0 Å². The predicted molar refractivity (Wildman–Crippen MR) is 161 cm³/mol. The molecule has 1 aromatic heterocycles. The Labute approximate surface area is 248 Å². The van der Waals surface area contributed by atoms with Crippen molar-refractivity contribution >= 4 is 29.0 Å². The molecule has 1 fully saturated rings. The highest BCUT2D eigenvalue weighted by molar-refractivity contribution is 7.09. The van der Waals surface area contributed by atoms with Gasteiger partial charge in [-0.05, 0) is 84.0 Å². The predicted octanol–water partition coefficient (Wildman–Crippen LogP) is 5.99. The van der Waals surface area contributed by atoms with Crippen molar-refractivity contribution in [3.63, 3.8) is 0 Å². The smallest absolute Gasteiger partial charge is 0.268 e. The van der Waals surface area contributed by atoms with Gasteiger partial charge in [0.2, 0.25) is 5.91 Å². The Balaban J connectivity index is 1.57. The number of anilines is 1. The minimum absolute atomic E-state index is 0.0507. The number of aromatic nitrogens is 1. The molecule has 8 nitrogen and oxygen atoms in total. The maximum Gasteiger partial charge on any atom is 0.268 e. The second-order valence-electron chi connectivity index (χ2n) is 10.2. The van der Waals surface area contributed by atoms with Crippen LogP contribution in [0.1, 0.15) is 52.5 Å². The number of nitrogens with zero attached hydrogens (tertiary/aromatic N) is 2. The SMILES string of the molecule is COc1ccc(CN(C(=O)c2snc(-c3ccc(F)cc3)c2N)[C@H](C(=O)NC2CCCC2)c2ccc(OC)cc2)cc1. The minimum Gasteiger partial charge on any atom is -0.497 e. The number of nitrogen functional groups attached to an aromatic ring is 1. The van der Waals surface area contributed by atoms with Gasteiger partial charge in [0.25, 0.3) is 5.91 Å². The van der Waals surface area contributed by atoms with E-state index < -0.39 is 11.9 Å². The third kappa shape index (κ3) is 6.38. The first-order valence-corrected chi connectivity index (χ1v) is 14.5. The number of hydrogen-bond donors (Lipinski definition) is 2. The first-order valence-electron chi connectivity index (χ1n) is 13.8. The summed E-state index contributed by atoms with van der Waals surface area (Å²) >= 11 is 0.960. The summed E-state index contributed by atoms with van der Waals surface area (Å²) in [7, 11) is 3.16. The first-order chi connectivity index (χ1) is 20.4. The minimum atomic E-state index is -0.957. The highest BCUT2D eigenvalue weighted by atomic mass is 32.1. The van der Waals surface area contributed by atoms with Crippen LogP contribution in [-0.2, 0) is 11.3 Å². The number of nitrogens with one attached hydrogen (secondary N) is 1. The summed E-state index contributed by atoms with van der Waals surface area (Å²) in [6.07, 6.45) is 3.90. The maximum atomic E-state index is 14.4. The highest BCUT2D eigenvalue weighted by Gasteiger charge is 2.36. The van der Waals surface area contributed by atoms with Gasteiger partial charge in [-0.2, -0.15) is 4.37 Å². The summed E-state index contributed by atoms with van der Waals surface area (Å²) in [5.74, 6) is 0.229. The van der Waals surface area contributed by atoms with E-state index in [2.05, 4.69) is 9.69 Å². The van der Waals surface area contributed by atoms with Crippen LogP contribution in [0, 0.1) is 5.82 Å². The van der Waals surface area contributed by atoms with Gasteiger partial charge in [-0.15, -0.1) is 0 Å². The summed E-state index contributed by atoms with van der Waals surface area (Å²) in [5.41, 5.74) is 9.11. The van der Waals surface area contributed by atoms with E-state index in [1.165, 1.54) is 17.0 Å². The van der Waals surface area contributed by atoms with Gasteiger partial charge in [-0.3, -0.25) is 9.59 Å². The van der Waals surface area contributed by atoms with Crippen LogP contribution in [-0.4, -0.2) is 41.3 Å². The van der Waals surface area contributed by atoms with Crippen LogP contribution in [0.25, 0.3) is 11.3 Å². The Morgan fingerprint density at radius 2 is 1.57 bits per heavy atom. The number of ether oxygens (including phenoxy) is 2. The molecule has 10 heteroatoms. The molecule has 218 valence electrons. The van der Waals surface area contributed by atoms with E-state index in [0.717, 1.165) is 42.8 Å². The molecule has 1 aliphatic carbocycles. The van der Waals surface area contributed by atoms with Crippen LogP contribution >= 0.6 is 11.5 Å². The van der Waals surface area contributed by atoms with Crippen LogP contribution in [0.3, 0.4) is 0 Å². The second-order valence-corrected chi connectivity index (χ2v) is 11.0. The monoisotopic (exact) mass is 588 g/mol. The lowest BCUT2D eigenvalue weighted by Gasteiger charge is -2.32. The van der Waals surface area contributed by atoms with Crippen molar-refractivity contribution in [3.05, 3.63) is 94.6 Å². The third-order valence-electron chi connectivity index (χ3n) is 7.51. The van der Waals surface area contributed by atoms with Crippen molar-refractivity contribution in [1.82, 2.24) is 14.6 Å². The summed E-state index contributed by atoms with van der Waals surface area (Å²) in [6.45, 7) is 0.126. The molecule has 1 heterocycles. The van der Waals surface area contributed by atoms with E-state index >= 15 is 0 Å². The van der Waals surface area contributed by atoms with E-state index in [0.29, 0.717) is 28.3 Å². The molecule has 0 aliphatic heterocycles. The number of methoxy groups -OCH3 is 2. The largest absolute Gasteiger partial charge is 0.497 e. The van der Waals surface area contributed by atoms with Gasteiger partial charge in [-0.1, -0.05) is 37.1 Å². The molecule has 5 rings (SSSR count). The fourth-order valence-electron chi connectivity index (χ4n) is 5.22. The number of nitrogens with two attached hydrogens (primary N) is 1. The van der Waals surface area contributed by atoms with Crippen LogP contribution in [0.2, 0.25) is 0 Å². The quantitative estimate of drug-likeness (QED) is 0.236. The van der Waals surface area contributed by atoms with Crippen molar-refractivity contribution in [3.8, 4) is 22.8 Å². The molecule has 1 saturated carbocycles. The fraction of sp³-hybridized carbons (Fsp3) is 0.281. The Bertz CT molecular complexity index is 1520. The van der Waals surface area contributed by atoms with Crippen LogP contribution in [0.15, 0.2) is 72.8 Å². The Hall–Kier alpha value is -4.44. The van der Waals surface area contributed by atoms with Crippen molar-refractivity contribution in [2.75, 3.05) is 20.0 Å². The van der Waals surface area contributed by atoms with Crippen LogP contribution < -0.4 is 20.5 Å². The van der Waals surface area contributed by atoms with E-state index in [1.807, 2.05) is 24.3 Å². The summed E-state index contributed by atoms with van der Waals surface area (Å²) in [6, 6.07) is 19.4. The lowest BCUT2D eigenvalue weighted by molar-refractivity contribution is -0.126. The average Bonchev–Trinajstić information content (AvgIpc) is 3.67. The van der Waals surface area contributed by atoms with Gasteiger partial charge >= 0.3 is 0 Å². The molecular weight excluding hydrogens is 555 g/mol. The molecule has 2 amide bonds. The number of carbonyl (C=O) groups is 2. The number of carbonyl (C=O) groups excluding carboxylic acids is 2. The first kappa shape index (κ1) is 29.1. The van der Waals surface area contributed by atoms with E-state index in [4.69, 9.17) is 15.2 Å². The number of hydrogen-bond acceptors (Lipinski definition) is 7. The van der Waals surface area contributed by atoms with Gasteiger partial charge in [0, 0.05) is 18.2 Å². The van der Waals surface area contributed by atoms with Gasteiger partial charge in [-0.25, -0.2) is 4.39 Å². The second kappa shape index (κ2) is 13.0. The van der Waals surface area contributed by atoms with Gasteiger partial charge in [0.1, 0.15) is 33.9 Å². The topological polar surface area (TPSA) is 107 Å². The van der Waals surface area contributed by atoms with Crippen molar-refractivity contribution < 1.29 is 23.5 Å². The standard InChI is InChI=1S/C32H33FN4O4S/c1-40-25-15-7-20(8-16-25)19-37(32(39)30-27(34)28(36-42-30)21-9-13-23(33)14-10-21)29(22-11-17-26(41-2)18-12-22)31(38)35-24-5-3-4-6-24/h7-18,24,29H,3-6,19,34H2,1-2H3,(H,35,38)/t29-/m0/s1. The Kier molecular flexibility index (Phi) is 9.02. The number of amides is 2. The van der Waals surface area contributed by atoms with Gasteiger partial charge < -0.3 is 25.4 Å². The molecule has 3 aromatic carbocycles. The third-order valence-corrected chi connectivity index (χ3v) is 8.36. The van der Waals surface area contributed by atoms with Gasteiger partial charge in [0.15, 0.2) is 0 Å². The van der Waals surface area contributed by atoms with Crippen molar-refractivity contribution in [1.29, 1.82) is 0 Å². The number of halogens is 1. The van der Waals surface area contributed by atoms with Crippen LogP contribution in [0.4, 0.5) is 10.1 Å². The van der Waals surface area contributed by atoms with Crippen molar-refractivity contribution in [2.45, 2.75) is 44.3 Å². The molecule has 0 spiro atoms. The maximum absolute atomic E-state index is 14.4. The molecular formula is C32H33FN4O4S. The normalized spacial score (nSPS) is 13.9. The summed E-state index contributed by atoms with van der Waals surface area (Å²) in [4.78, 5) is 30.2. The lowest BCUT2D eigenvalue weighted by Crippen LogP contribution is -2.45.